The van der Waals surface area contributed by atoms with Crippen LogP contribution in [0.5, 0.6) is 0 Å². The number of pyridine rings is 1. The van der Waals surface area contributed by atoms with Crippen LogP contribution in [0.25, 0.3) is 5.65 Å². The summed E-state index contributed by atoms with van der Waals surface area (Å²) in [4.78, 5) is 20.8. The van der Waals surface area contributed by atoms with Crippen molar-refractivity contribution in [3.05, 3.63) is 65.6 Å². The Hall–Kier alpha value is -3.20. The van der Waals surface area contributed by atoms with Gasteiger partial charge in [-0.2, -0.15) is 0 Å². The van der Waals surface area contributed by atoms with Crippen molar-refractivity contribution >= 4 is 27.4 Å². The minimum atomic E-state index is -3.60. The van der Waals surface area contributed by atoms with E-state index in [9.17, 15) is 13.2 Å². The minimum Gasteiger partial charge on any atom is -0.349 e. The molecule has 0 unspecified atom stereocenters. The number of benzene rings is 1. The molecule has 1 amide bonds. The third kappa shape index (κ3) is 3.41. The third-order valence-corrected chi connectivity index (χ3v) is 5.57. The molecule has 1 aromatic carbocycles. The zero-order valence-corrected chi connectivity index (χ0v) is 15.3. The molecule has 138 valence electrons. The lowest BCUT2D eigenvalue weighted by molar-refractivity contribution is -0.119. The molecule has 3 heterocycles. The monoisotopic (exact) mass is 383 g/mol. The molecule has 4 rings (SSSR count). The first-order chi connectivity index (χ1) is 12.9. The molecule has 0 atom stereocenters. The number of rotatable bonds is 4. The van der Waals surface area contributed by atoms with Gasteiger partial charge >= 0.3 is 0 Å². The molecule has 27 heavy (non-hydrogen) atoms. The molecule has 0 aliphatic carbocycles. The number of hydrogen-bond acceptors (Lipinski definition) is 5. The molecule has 0 spiro atoms. The van der Waals surface area contributed by atoms with Crippen LogP contribution in [-0.4, -0.2) is 36.1 Å². The number of carbonyl (C=O) groups is 1. The molecule has 2 N–H and O–H groups in total. The molecule has 3 aromatic rings. The first-order valence-electron chi connectivity index (χ1n) is 8.30. The molecule has 0 fully saturated rings. The molecule has 0 radical (unpaired) electrons. The molecule has 0 saturated carbocycles. The maximum atomic E-state index is 12.1. The maximum Gasteiger partial charge on any atom is 0.263 e. The van der Waals surface area contributed by atoms with Crippen LogP contribution in [0.3, 0.4) is 0 Å². The summed E-state index contributed by atoms with van der Waals surface area (Å²) in [5.41, 5.74) is 3.13. The van der Waals surface area contributed by atoms with Gasteiger partial charge in [0.1, 0.15) is 18.0 Å². The Balaban J connectivity index is 1.42. The largest absolute Gasteiger partial charge is 0.349 e. The molecule has 9 heteroatoms. The van der Waals surface area contributed by atoms with Crippen LogP contribution >= 0.6 is 0 Å². The van der Waals surface area contributed by atoms with Crippen molar-refractivity contribution in [3.8, 4) is 0 Å². The Morgan fingerprint density at radius 2 is 2.11 bits per heavy atom. The van der Waals surface area contributed by atoms with Crippen molar-refractivity contribution in [1.29, 1.82) is 0 Å². The van der Waals surface area contributed by atoms with E-state index in [2.05, 4.69) is 20.0 Å². The number of aryl methyl sites for hydroxylation is 1. The summed E-state index contributed by atoms with van der Waals surface area (Å²) in [5, 5.41) is 2.74. The van der Waals surface area contributed by atoms with Gasteiger partial charge in [0.15, 0.2) is 0 Å². The van der Waals surface area contributed by atoms with Crippen LogP contribution in [-0.2, 0) is 21.4 Å². The highest BCUT2D eigenvalue weighted by molar-refractivity contribution is 7.90. The average Bonchev–Trinajstić information content (AvgIpc) is 3.16. The maximum absolute atomic E-state index is 12.1. The van der Waals surface area contributed by atoms with Gasteiger partial charge in [-0.25, -0.2) is 13.4 Å². The topological polar surface area (TPSA) is 105 Å². The number of amides is 1. The second-order valence-corrected chi connectivity index (χ2v) is 7.90. The number of hydrogen-bond donors (Lipinski definition) is 2. The fourth-order valence-corrected chi connectivity index (χ4v) is 4.12. The summed E-state index contributed by atoms with van der Waals surface area (Å²) < 4.78 is 28.3. The summed E-state index contributed by atoms with van der Waals surface area (Å²) in [6.07, 6.45) is 3.76. The summed E-state index contributed by atoms with van der Waals surface area (Å²) >= 11 is 0. The van der Waals surface area contributed by atoms with Gasteiger partial charge in [-0.05, 0) is 36.8 Å². The average molecular weight is 383 g/mol. The first-order valence-corrected chi connectivity index (χ1v) is 9.78. The fraction of sp³-hybridized carbons (Fsp3) is 0.167. The summed E-state index contributed by atoms with van der Waals surface area (Å²) in [6, 6.07) is 10.5. The van der Waals surface area contributed by atoms with Gasteiger partial charge < -0.3 is 9.72 Å². The number of aromatic nitrogens is 2. The Bertz CT molecular complexity index is 1180. The van der Waals surface area contributed by atoms with Crippen LogP contribution < -0.4 is 10.0 Å². The van der Waals surface area contributed by atoms with E-state index >= 15 is 0 Å². The van der Waals surface area contributed by atoms with Crippen molar-refractivity contribution in [2.75, 3.05) is 6.54 Å². The van der Waals surface area contributed by atoms with E-state index in [0.29, 0.717) is 5.56 Å². The number of nitrogens with zero attached hydrogens (tertiary/aromatic N) is 3. The van der Waals surface area contributed by atoms with Crippen molar-refractivity contribution < 1.29 is 13.2 Å². The second kappa shape index (κ2) is 6.51. The van der Waals surface area contributed by atoms with E-state index in [1.54, 1.807) is 18.2 Å². The predicted molar refractivity (Wildman–Crippen MR) is 99.9 cm³/mol. The summed E-state index contributed by atoms with van der Waals surface area (Å²) in [5.74, 6) is -0.136. The lowest BCUT2D eigenvalue weighted by Gasteiger charge is -2.02. The number of imidazole rings is 1. The van der Waals surface area contributed by atoms with E-state index in [0.717, 1.165) is 16.9 Å². The molecule has 0 bridgehead atoms. The van der Waals surface area contributed by atoms with Crippen molar-refractivity contribution in [1.82, 2.24) is 19.4 Å². The number of amidine groups is 1. The standard InChI is InChI=1S/C18H17N5O3S/c1-12-6-7-23-11-13(21-16(23)8-12)9-19-17(24)10-20-18-14-4-2-3-5-15(14)27(25,26)22-18/h2-8,11H,9-10H2,1H3,(H,19,24)(H,20,22). The van der Waals surface area contributed by atoms with Gasteiger partial charge in [0, 0.05) is 18.0 Å². The highest BCUT2D eigenvalue weighted by Crippen LogP contribution is 2.21. The van der Waals surface area contributed by atoms with E-state index < -0.39 is 10.0 Å². The van der Waals surface area contributed by atoms with Crippen molar-refractivity contribution in [2.45, 2.75) is 18.4 Å². The number of sulfonamides is 1. The second-order valence-electron chi connectivity index (χ2n) is 6.25. The summed E-state index contributed by atoms with van der Waals surface area (Å²) in [6.45, 7) is 2.08. The lowest BCUT2D eigenvalue weighted by atomic mass is 10.2. The predicted octanol–water partition coefficient (Wildman–Crippen LogP) is 0.998. The van der Waals surface area contributed by atoms with Crippen LogP contribution in [0.2, 0.25) is 0 Å². The van der Waals surface area contributed by atoms with Gasteiger partial charge in [-0.3, -0.25) is 14.5 Å². The zero-order chi connectivity index (χ0) is 19.0. The number of fused-ring (bicyclic) bond motifs is 2. The third-order valence-electron chi connectivity index (χ3n) is 4.18. The molecule has 1 aliphatic heterocycles. The number of carbonyl (C=O) groups excluding carboxylic acids is 1. The normalized spacial score (nSPS) is 16.3. The van der Waals surface area contributed by atoms with Crippen LogP contribution in [0.4, 0.5) is 0 Å². The van der Waals surface area contributed by atoms with E-state index in [1.165, 1.54) is 6.07 Å². The molecule has 1 aliphatic rings. The van der Waals surface area contributed by atoms with Gasteiger partial charge in [-0.1, -0.05) is 12.1 Å². The van der Waals surface area contributed by atoms with Crippen molar-refractivity contribution in [3.63, 3.8) is 0 Å². The van der Waals surface area contributed by atoms with Gasteiger partial charge in [0.05, 0.1) is 17.1 Å². The lowest BCUT2D eigenvalue weighted by Crippen LogP contribution is -2.28. The first kappa shape index (κ1) is 17.2. The molecular weight excluding hydrogens is 366 g/mol. The van der Waals surface area contributed by atoms with Gasteiger partial charge in [0.25, 0.3) is 10.0 Å². The Morgan fingerprint density at radius 1 is 1.30 bits per heavy atom. The smallest absolute Gasteiger partial charge is 0.263 e. The van der Waals surface area contributed by atoms with E-state index in [1.807, 2.05) is 35.9 Å². The van der Waals surface area contributed by atoms with Gasteiger partial charge in [-0.15, -0.1) is 0 Å². The Kier molecular flexibility index (Phi) is 4.15. The minimum absolute atomic E-state index is 0.171. The van der Waals surface area contributed by atoms with Gasteiger partial charge in [0.2, 0.25) is 5.91 Å². The van der Waals surface area contributed by atoms with Crippen molar-refractivity contribution in [2.24, 2.45) is 4.99 Å². The zero-order valence-electron chi connectivity index (χ0n) is 14.5. The summed E-state index contributed by atoms with van der Waals surface area (Å²) in [7, 11) is -3.60. The molecule has 8 nitrogen and oxygen atoms in total. The van der Waals surface area contributed by atoms with Crippen LogP contribution in [0.15, 0.2) is 58.7 Å². The highest BCUT2D eigenvalue weighted by Gasteiger charge is 2.30. The van der Waals surface area contributed by atoms with E-state index in [-0.39, 0.29) is 29.7 Å². The van der Waals surface area contributed by atoms with Crippen LogP contribution in [0.1, 0.15) is 16.8 Å². The number of nitrogens with one attached hydrogen (secondary N) is 2. The molecular formula is C18H17N5O3S. The van der Waals surface area contributed by atoms with E-state index in [4.69, 9.17) is 0 Å². The quantitative estimate of drug-likeness (QED) is 0.701. The SMILES string of the molecule is Cc1ccn2cc(CNC(=O)CN=C3NS(=O)(=O)c4ccccc43)nc2c1. The Morgan fingerprint density at radius 3 is 2.96 bits per heavy atom. The molecule has 0 saturated heterocycles. The fourth-order valence-electron chi connectivity index (χ4n) is 2.87. The molecule has 2 aromatic heterocycles. The highest BCUT2D eigenvalue weighted by atomic mass is 32.2. The Labute approximate surface area is 156 Å². The number of aliphatic imine (C=N–C) groups is 1. The van der Waals surface area contributed by atoms with Crippen LogP contribution in [0, 0.1) is 6.92 Å².